The maximum absolute atomic E-state index is 5.66. The van der Waals surface area contributed by atoms with Crippen molar-refractivity contribution in [3.05, 3.63) is 0 Å². The average molecular weight is 292 g/mol. The lowest BCUT2D eigenvalue weighted by molar-refractivity contribution is 0.103. The van der Waals surface area contributed by atoms with E-state index in [9.17, 15) is 0 Å². The lowest BCUT2D eigenvalue weighted by atomic mass is 10.1. The fourth-order valence-corrected chi connectivity index (χ4v) is 2.59. The number of ether oxygens (including phenoxy) is 2. The van der Waals surface area contributed by atoms with Crippen LogP contribution in [0.4, 0.5) is 0 Å². The van der Waals surface area contributed by atoms with E-state index in [1.807, 2.05) is 6.55 Å². The Morgan fingerprint density at radius 3 is 2.16 bits per heavy atom. The summed E-state index contributed by atoms with van der Waals surface area (Å²) in [6, 6.07) is 0. The number of hydrogen-bond acceptors (Lipinski definition) is 5. The van der Waals surface area contributed by atoms with Gasteiger partial charge in [-0.3, -0.25) is 0 Å². The first-order valence-electron chi connectivity index (χ1n) is 7.14. The molecule has 0 aromatic rings. The monoisotopic (exact) mass is 292 g/mol. The minimum absolute atomic E-state index is 0.386. The summed E-state index contributed by atoms with van der Waals surface area (Å²) in [7, 11) is 0.962. The highest BCUT2D eigenvalue weighted by molar-refractivity contribution is 6.59. The van der Waals surface area contributed by atoms with Gasteiger partial charge in [-0.05, 0) is 12.8 Å². The van der Waals surface area contributed by atoms with Crippen molar-refractivity contribution in [2.75, 3.05) is 40.6 Å². The van der Waals surface area contributed by atoms with E-state index in [1.54, 1.807) is 14.2 Å². The molecule has 0 aliphatic carbocycles. The maximum Gasteiger partial charge on any atom is 0.497 e. The van der Waals surface area contributed by atoms with Gasteiger partial charge >= 0.3 is 8.80 Å². The quantitative estimate of drug-likeness (QED) is 0.296. The zero-order chi connectivity index (χ0) is 14.0. The first-order valence-corrected chi connectivity index (χ1v) is 9.36. The molecule has 0 spiro atoms. The van der Waals surface area contributed by atoms with Gasteiger partial charge in [0.1, 0.15) is 6.10 Å². The van der Waals surface area contributed by atoms with Gasteiger partial charge < -0.3 is 22.8 Å². The Morgan fingerprint density at radius 2 is 1.58 bits per heavy atom. The largest absolute Gasteiger partial charge is 0.497 e. The third kappa shape index (κ3) is 8.72. The Bertz CT molecular complexity index is 219. The van der Waals surface area contributed by atoms with Gasteiger partial charge in [0.15, 0.2) is 0 Å². The Kier molecular flexibility index (Phi) is 8.85. The van der Waals surface area contributed by atoms with Gasteiger partial charge in [-0.2, -0.15) is 0 Å². The van der Waals surface area contributed by atoms with Gasteiger partial charge in [0.2, 0.25) is 0 Å². The smallest absolute Gasteiger partial charge is 0.379 e. The second-order valence-electron chi connectivity index (χ2n) is 4.92. The number of hydrogen-bond donors (Lipinski definition) is 0. The van der Waals surface area contributed by atoms with Gasteiger partial charge in [0.05, 0.1) is 13.2 Å². The van der Waals surface area contributed by atoms with Crippen molar-refractivity contribution >= 4 is 8.80 Å². The fourth-order valence-electron chi connectivity index (χ4n) is 1.67. The molecular weight excluding hydrogens is 264 g/mol. The maximum atomic E-state index is 5.66. The van der Waals surface area contributed by atoms with Crippen molar-refractivity contribution in [3.8, 4) is 0 Å². The van der Waals surface area contributed by atoms with Crippen molar-refractivity contribution < 1.29 is 22.8 Å². The van der Waals surface area contributed by atoms with Crippen molar-refractivity contribution in [1.29, 1.82) is 0 Å². The molecule has 0 aromatic heterocycles. The topological polar surface area (TPSA) is 49.5 Å². The molecule has 1 heterocycles. The lowest BCUT2D eigenvalue weighted by Crippen LogP contribution is -2.40. The predicted octanol–water partition coefficient (Wildman–Crippen LogP) is 2.23. The van der Waals surface area contributed by atoms with Gasteiger partial charge in [-0.25, -0.2) is 0 Å². The van der Waals surface area contributed by atoms with Crippen LogP contribution in [0.1, 0.15) is 32.1 Å². The molecule has 5 nitrogen and oxygen atoms in total. The minimum atomic E-state index is -2.32. The van der Waals surface area contributed by atoms with E-state index in [-0.39, 0.29) is 0 Å². The molecular formula is C13H28O5Si. The van der Waals surface area contributed by atoms with Crippen LogP contribution in [0.25, 0.3) is 0 Å². The standard InChI is InChI=1S/C13H28O5Si/c1-14-19(3,15-2)18-10-8-6-4-5-7-9-16-11-13-12-17-13/h13H,4-12H2,1-3H3. The molecule has 0 aromatic carbocycles. The molecule has 0 bridgehead atoms. The SMILES string of the molecule is CO[Si](C)(OC)OCCCCCCCOCC1CO1. The highest BCUT2D eigenvalue weighted by Gasteiger charge is 2.31. The summed E-state index contributed by atoms with van der Waals surface area (Å²) >= 11 is 0. The molecule has 0 saturated carbocycles. The van der Waals surface area contributed by atoms with E-state index in [2.05, 4.69) is 0 Å². The van der Waals surface area contributed by atoms with Gasteiger partial charge in [-0.15, -0.1) is 0 Å². The summed E-state index contributed by atoms with van der Waals surface area (Å²) in [6.07, 6.45) is 6.21. The lowest BCUT2D eigenvalue weighted by Gasteiger charge is -2.21. The fraction of sp³-hybridized carbons (Fsp3) is 1.00. The molecule has 1 fully saturated rings. The molecule has 19 heavy (non-hydrogen) atoms. The Morgan fingerprint density at radius 1 is 1.00 bits per heavy atom. The highest BCUT2D eigenvalue weighted by atomic mass is 28.4. The summed E-state index contributed by atoms with van der Waals surface area (Å²) in [5.74, 6) is 0. The molecule has 1 atom stereocenters. The number of rotatable bonds is 13. The van der Waals surface area contributed by atoms with Crippen LogP contribution in [-0.2, 0) is 22.8 Å². The summed E-state index contributed by atoms with van der Waals surface area (Å²) < 4.78 is 26.7. The summed E-state index contributed by atoms with van der Waals surface area (Å²) in [6.45, 7) is 5.14. The van der Waals surface area contributed by atoms with Crippen LogP contribution in [0.2, 0.25) is 6.55 Å². The highest BCUT2D eigenvalue weighted by Crippen LogP contribution is 2.11. The Hall–Kier alpha value is 0.0169. The van der Waals surface area contributed by atoms with Crippen LogP contribution in [-0.4, -0.2) is 55.6 Å². The third-order valence-electron chi connectivity index (χ3n) is 3.24. The van der Waals surface area contributed by atoms with Crippen molar-refractivity contribution in [2.45, 2.75) is 44.8 Å². The summed E-state index contributed by atoms with van der Waals surface area (Å²) in [5, 5.41) is 0. The van der Waals surface area contributed by atoms with E-state index in [0.717, 1.165) is 39.3 Å². The number of epoxide rings is 1. The Balaban J connectivity index is 1.77. The molecule has 1 saturated heterocycles. The minimum Gasteiger partial charge on any atom is -0.379 e. The van der Waals surface area contributed by atoms with Crippen LogP contribution >= 0.6 is 0 Å². The van der Waals surface area contributed by atoms with Crippen LogP contribution in [0, 0.1) is 0 Å². The van der Waals surface area contributed by atoms with E-state index >= 15 is 0 Å². The molecule has 1 unspecified atom stereocenters. The molecule has 1 rings (SSSR count). The second-order valence-corrected chi connectivity index (χ2v) is 7.75. The number of unbranched alkanes of at least 4 members (excludes halogenated alkanes) is 4. The molecule has 1 aliphatic rings. The van der Waals surface area contributed by atoms with Gasteiger partial charge in [0.25, 0.3) is 0 Å². The van der Waals surface area contributed by atoms with Gasteiger partial charge in [0, 0.05) is 34.0 Å². The van der Waals surface area contributed by atoms with E-state index in [1.165, 1.54) is 19.3 Å². The third-order valence-corrected chi connectivity index (χ3v) is 5.46. The molecule has 0 radical (unpaired) electrons. The second kappa shape index (κ2) is 9.85. The van der Waals surface area contributed by atoms with Crippen LogP contribution < -0.4 is 0 Å². The van der Waals surface area contributed by atoms with Crippen molar-refractivity contribution in [2.24, 2.45) is 0 Å². The molecule has 1 aliphatic heterocycles. The molecule has 114 valence electrons. The zero-order valence-electron chi connectivity index (χ0n) is 12.5. The van der Waals surface area contributed by atoms with Crippen LogP contribution in [0.15, 0.2) is 0 Å². The molecule has 0 N–H and O–H groups in total. The van der Waals surface area contributed by atoms with Crippen LogP contribution in [0.5, 0.6) is 0 Å². The average Bonchev–Trinajstić information content (AvgIpc) is 3.24. The summed E-state index contributed by atoms with van der Waals surface area (Å²) in [4.78, 5) is 0. The predicted molar refractivity (Wildman–Crippen MR) is 75.2 cm³/mol. The first-order chi connectivity index (χ1) is 9.20. The Labute approximate surface area is 117 Å². The normalized spacial score (nSPS) is 18.8. The van der Waals surface area contributed by atoms with E-state index < -0.39 is 8.80 Å². The van der Waals surface area contributed by atoms with Crippen molar-refractivity contribution in [1.82, 2.24) is 0 Å². The van der Waals surface area contributed by atoms with Gasteiger partial charge in [-0.1, -0.05) is 19.3 Å². The molecule has 0 amide bonds. The zero-order valence-corrected chi connectivity index (χ0v) is 13.5. The van der Waals surface area contributed by atoms with Crippen molar-refractivity contribution in [3.63, 3.8) is 0 Å². The molecule has 6 heteroatoms. The van der Waals surface area contributed by atoms with Crippen LogP contribution in [0.3, 0.4) is 0 Å². The first kappa shape index (κ1) is 17.1. The van der Waals surface area contributed by atoms with E-state index in [0.29, 0.717) is 6.10 Å². The summed E-state index contributed by atoms with van der Waals surface area (Å²) in [5.41, 5.74) is 0. The van der Waals surface area contributed by atoms with E-state index in [4.69, 9.17) is 22.8 Å².